The molecular weight excluding hydrogens is 228 g/mol. The van der Waals surface area contributed by atoms with Gasteiger partial charge in [0.15, 0.2) is 5.65 Å². The molecule has 0 spiro atoms. The number of nitrogens with one attached hydrogen (secondary N) is 1. The van der Waals surface area contributed by atoms with Crippen molar-refractivity contribution >= 4 is 11.0 Å². The maximum atomic E-state index is 5.87. The van der Waals surface area contributed by atoms with Crippen molar-refractivity contribution in [2.45, 2.75) is 26.0 Å². The summed E-state index contributed by atoms with van der Waals surface area (Å²) in [4.78, 5) is 6.67. The van der Waals surface area contributed by atoms with Gasteiger partial charge in [-0.1, -0.05) is 0 Å². The Hall–Kier alpha value is -1.46. The van der Waals surface area contributed by atoms with Gasteiger partial charge in [0.2, 0.25) is 0 Å². The molecule has 3 rings (SSSR count). The third-order valence-electron chi connectivity index (χ3n) is 3.51. The van der Waals surface area contributed by atoms with Crippen molar-refractivity contribution in [2.24, 2.45) is 0 Å². The van der Waals surface area contributed by atoms with Crippen LogP contribution in [0, 0.1) is 0 Å². The third-order valence-corrected chi connectivity index (χ3v) is 3.51. The van der Waals surface area contributed by atoms with Crippen LogP contribution in [0.5, 0.6) is 0 Å². The Morgan fingerprint density at radius 1 is 1.50 bits per heavy atom. The summed E-state index contributed by atoms with van der Waals surface area (Å²) >= 11 is 0. The summed E-state index contributed by atoms with van der Waals surface area (Å²) < 4.78 is 5.87. The molecule has 1 aliphatic rings. The lowest BCUT2D eigenvalue weighted by molar-refractivity contribution is -0.0415. The number of hydrogen-bond acceptors (Lipinski definition) is 4. The Bertz CT molecular complexity index is 537. The van der Waals surface area contributed by atoms with Gasteiger partial charge in [0, 0.05) is 30.7 Å². The second kappa shape index (κ2) is 4.66. The van der Waals surface area contributed by atoms with Crippen LogP contribution in [0.4, 0.5) is 0 Å². The number of nitrogens with zero attached hydrogens (tertiary/aromatic N) is 3. The lowest BCUT2D eigenvalue weighted by Gasteiger charge is -2.35. The standard InChI is InChI=1S/C13H18N4O/c1-9(2)17-6-7-18-11(8-17)12-10-4-3-5-14-13(10)16-15-12/h3-5,9,11H,6-8H2,1-2H3,(H,14,15,16)/t11-/m1/s1. The summed E-state index contributed by atoms with van der Waals surface area (Å²) in [6, 6.07) is 4.52. The molecule has 0 bridgehead atoms. The van der Waals surface area contributed by atoms with Crippen LogP contribution in [-0.2, 0) is 4.74 Å². The first-order valence-electron chi connectivity index (χ1n) is 6.40. The molecule has 5 nitrogen and oxygen atoms in total. The van der Waals surface area contributed by atoms with Crippen molar-refractivity contribution in [1.82, 2.24) is 20.1 Å². The molecule has 1 N–H and O–H groups in total. The molecule has 0 aliphatic carbocycles. The van der Waals surface area contributed by atoms with Gasteiger partial charge in [-0.3, -0.25) is 10.00 Å². The highest BCUT2D eigenvalue weighted by atomic mass is 16.5. The largest absolute Gasteiger partial charge is 0.369 e. The van der Waals surface area contributed by atoms with Gasteiger partial charge in [0.1, 0.15) is 6.10 Å². The van der Waals surface area contributed by atoms with Crippen molar-refractivity contribution in [3.05, 3.63) is 24.0 Å². The van der Waals surface area contributed by atoms with E-state index in [2.05, 4.69) is 33.9 Å². The highest BCUT2D eigenvalue weighted by Crippen LogP contribution is 2.26. The molecule has 2 aromatic heterocycles. The summed E-state index contributed by atoms with van der Waals surface area (Å²) in [5.74, 6) is 0. The van der Waals surface area contributed by atoms with E-state index in [1.54, 1.807) is 6.20 Å². The average molecular weight is 246 g/mol. The average Bonchev–Trinajstić information content (AvgIpc) is 2.82. The lowest BCUT2D eigenvalue weighted by atomic mass is 10.1. The number of rotatable bonds is 2. The summed E-state index contributed by atoms with van der Waals surface area (Å²) in [7, 11) is 0. The van der Waals surface area contributed by atoms with Crippen LogP contribution in [0.3, 0.4) is 0 Å². The van der Waals surface area contributed by atoms with E-state index in [-0.39, 0.29) is 6.10 Å². The third kappa shape index (κ3) is 2.00. The first-order chi connectivity index (χ1) is 8.75. The monoisotopic (exact) mass is 246 g/mol. The van der Waals surface area contributed by atoms with Gasteiger partial charge in [-0.2, -0.15) is 5.10 Å². The van der Waals surface area contributed by atoms with E-state index in [1.165, 1.54) is 0 Å². The van der Waals surface area contributed by atoms with Gasteiger partial charge in [0.05, 0.1) is 12.3 Å². The Balaban J connectivity index is 1.90. The second-order valence-electron chi connectivity index (χ2n) is 4.96. The fourth-order valence-corrected chi connectivity index (χ4v) is 2.43. The molecule has 0 radical (unpaired) electrons. The van der Waals surface area contributed by atoms with Gasteiger partial charge in [-0.25, -0.2) is 4.98 Å². The molecule has 18 heavy (non-hydrogen) atoms. The van der Waals surface area contributed by atoms with Crippen molar-refractivity contribution in [2.75, 3.05) is 19.7 Å². The predicted molar refractivity (Wildman–Crippen MR) is 69.3 cm³/mol. The molecule has 1 atom stereocenters. The summed E-state index contributed by atoms with van der Waals surface area (Å²) in [5, 5.41) is 8.37. The molecule has 1 aliphatic heterocycles. The van der Waals surface area contributed by atoms with Crippen LogP contribution >= 0.6 is 0 Å². The molecule has 5 heteroatoms. The van der Waals surface area contributed by atoms with Gasteiger partial charge >= 0.3 is 0 Å². The first kappa shape index (κ1) is 11.6. The maximum absolute atomic E-state index is 5.87. The zero-order chi connectivity index (χ0) is 12.5. The molecule has 0 saturated carbocycles. The predicted octanol–water partition coefficient (Wildman–Crippen LogP) is 1.74. The smallest absolute Gasteiger partial charge is 0.181 e. The highest BCUT2D eigenvalue weighted by Gasteiger charge is 2.26. The molecule has 0 amide bonds. The fraction of sp³-hybridized carbons (Fsp3) is 0.538. The first-order valence-corrected chi connectivity index (χ1v) is 6.40. The van der Waals surface area contributed by atoms with Crippen LogP contribution < -0.4 is 0 Å². The zero-order valence-corrected chi connectivity index (χ0v) is 10.8. The van der Waals surface area contributed by atoms with E-state index in [1.807, 2.05) is 12.1 Å². The van der Waals surface area contributed by atoms with Crippen LogP contribution in [0.1, 0.15) is 25.6 Å². The maximum Gasteiger partial charge on any atom is 0.181 e. The second-order valence-corrected chi connectivity index (χ2v) is 4.96. The molecule has 2 aromatic rings. The van der Waals surface area contributed by atoms with Crippen molar-refractivity contribution in [3.8, 4) is 0 Å². The molecule has 3 heterocycles. The summed E-state index contributed by atoms with van der Waals surface area (Å²) in [6.07, 6.45) is 1.82. The van der Waals surface area contributed by atoms with Crippen LogP contribution in [-0.4, -0.2) is 45.8 Å². The number of hydrogen-bond donors (Lipinski definition) is 1. The lowest BCUT2D eigenvalue weighted by Crippen LogP contribution is -2.42. The molecule has 1 fully saturated rings. The van der Waals surface area contributed by atoms with Gasteiger partial charge < -0.3 is 4.74 Å². The normalized spacial score (nSPS) is 21.8. The number of fused-ring (bicyclic) bond motifs is 1. The van der Waals surface area contributed by atoms with Crippen molar-refractivity contribution in [1.29, 1.82) is 0 Å². The van der Waals surface area contributed by atoms with Gasteiger partial charge in [-0.05, 0) is 26.0 Å². The van der Waals surface area contributed by atoms with Crippen molar-refractivity contribution in [3.63, 3.8) is 0 Å². The Morgan fingerprint density at radius 3 is 3.22 bits per heavy atom. The minimum absolute atomic E-state index is 0.0651. The summed E-state index contributed by atoms with van der Waals surface area (Å²) in [6.45, 7) is 7.11. The van der Waals surface area contributed by atoms with Crippen LogP contribution in [0.2, 0.25) is 0 Å². The van der Waals surface area contributed by atoms with E-state index in [0.29, 0.717) is 6.04 Å². The summed E-state index contributed by atoms with van der Waals surface area (Å²) in [5.41, 5.74) is 1.81. The Labute approximate surface area is 106 Å². The zero-order valence-electron chi connectivity index (χ0n) is 10.8. The molecular formula is C13H18N4O. The molecule has 1 saturated heterocycles. The minimum Gasteiger partial charge on any atom is -0.369 e. The number of ether oxygens (including phenoxy) is 1. The van der Waals surface area contributed by atoms with E-state index < -0.39 is 0 Å². The molecule has 0 unspecified atom stereocenters. The van der Waals surface area contributed by atoms with E-state index in [0.717, 1.165) is 36.4 Å². The topological polar surface area (TPSA) is 54.0 Å². The fourth-order valence-electron chi connectivity index (χ4n) is 2.43. The number of aromatic amines is 1. The number of morpholine rings is 1. The van der Waals surface area contributed by atoms with Crippen molar-refractivity contribution < 1.29 is 4.74 Å². The Morgan fingerprint density at radius 2 is 2.39 bits per heavy atom. The highest BCUT2D eigenvalue weighted by molar-refractivity contribution is 5.77. The van der Waals surface area contributed by atoms with E-state index in [9.17, 15) is 0 Å². The minimum atomic E-state index is 0.0651. The van der Waals surface area contributed by atoms with Gasteiger partial charge in [-0.15, -0.1) is 0 Å². The SMILES string of the molecule is CC(C)N1CCO[C@@H](c2[nH]nc3ncccc23)C1. The molecule has 96 valence electrons. The number of aromatic nitrogens is 3. The number of pyridine rings is 1. The quantitative estimate of drug-likeness (QED) is 0.877. The van der Waals surface area contributed by atoms with Crippen LogP contribution in [0.15, 0.2) is 18.3 Å². The number of H-pyrrole nitrogens is 1. The van der Waals surface area contributed by atoms with E-state index in [4.69, 9.17) is 4.74 Å². The van der Waals surface area contributed by atoms with Crippen LogP contribution in [0.25, 0.3) is 11.0 Å². The van der Waals surface area contributed by atoms with Gasteiger partial charge in [0.25, 0.3) is 0 Å². The Kier molecular flexibility index (Phi) is 3.01. The molecule has 0 aromatic carbocycles. The van der Waals surface area contributed by atoms with E-state index >= 15 is 0 Å².